The summed E-state index contributed by atoms with van der Waals surface area (Å²) in [6, 6.07) is 9.96. The molecule has 0 fully saturated rings. The SMILES string of the molecule is CN=C(NCCNC(=O)c1ccco1)NCCc1ccccc1F. The van der Waals surface area contributed by atoms with E-state index in [1.165, 1.54) is 12.3 Å². The highest BCUT2D eigenvalue weighted by Crippen LogP contribution is 2.06. The quantitative estimate of drug-likeness (QED) is 0.408. The molecule has 1 aromatic heterocycles. The summed E-state index contributed by atoms with van der Waals surface area (Å²) in [6.45, 7) is 1.48. The number of hydrogen-bond donors (Lipinski definition) is 3. The summed E-state index contributed by atoms with van der Waals surface area (Å²) in [7, 11) is 1.65. The summed E-state index contributed by atoms with van der Waals surface area (Å²) in [5.41, 5.74) is 0.658. The molecule has 0 saturated carbocycles. The Morgan fingerprint density at radius 3 is 2.54 bits per heavy atom. The molecule has 0 aliphatic rings. The minimum Gasteiger partial charge on any atom is -0.459 e. The van der Waals surface area contributed by atoms with Crippen molar-refractivity contribution < 1.29 is 13.6 Å². The summed E-state index contributed by atoms with van der Waals surface area (Å²) in [5.74, 6) is 0.410. The minimum atomic E-state index is -0.260. The lowest BCUT2D eigenvalue weighted by atomic mass is 10.1. The van der Waals surface area contributed by atoms with Crippen LogP contribution in [0.4, 0.5) is 4.39 Å². The number of furan rings is 1. The molecule has 24 heavy (non-hydrogen) atoms. The van der Waals surface area contributed by atoms with Gasteiger partial charge in [-0.05, 0) is 30.2 Å². The standard InChI is InChI=1S/C17H21FN4O2/c1-19-17(21-9-8-13-5-2-3-6-14(13)18)22-11-10-20-16(23)15-7-4-12-24-15/h2-7,12H,8-11H2,1H3,(H,20,23)(H2,19,21,22). The molecule has 0 saturated heterocycles. The van der Waals surface area contributed by atoms with Crippen molar-refractivity contribution in [3.63, 3.8) is 0 Å². The maximum Gasteiger partial charge on any atom is 0.287 e. The first-order chi connectivity index (χ1) is 11.7. The number of nitrogens with zero attached hydrogens (tertiary/aromatic N) is 1. The van der Waals surface area contributed by atoms with Gasteiger partial charge in [0.2, 0.25) is 0 Å². The number of rotatable bonds is 7. The molecule has 0 atom stereocenters. The van der Waals surface area contributed by atoms with Crippen molar-refractivity contribution in [2.75, 3.05) is 26.7 Å². The summed E-state index contributed by atoms with van der Waals surface area (Å²) in [4.78, 5) is 15.7. The van der Waals surface area contributed by atoms with E-state index in [2.05, 4.69) is 20.9 Å². The number of hydrogen-bond acceptors (Lipinski definition) is 3. The lowest BCUT2D eigenvalue weighted by Crippen LogP contribution is -2.42. The van der Waals surface area contributed by atoms with Crippen LogP contribution in [0.3, 0.4) is 0 Å². The minimum absolute atomic E-state index is 0.206. The van der Waals surface area contributed by atoms with Crippen molar-refractivity contribution in [2.45, 2.75) is 6.42 Å². The van der Waals surface area contributed by atoms with E-state index < -0.39 is 0 Å². The van der Waals surface area contributed by atoms with E-state index >= 15 is 0 Å². The van der Waals surface area contributed by atoms with E-state index in [4.69, 9.17) is 4.42 Å². The van der Waals surface area contributed by atoms with Gasteiger partial charge in [0.15, 0.2) is 11.7 Å². The van der Waals surface area contributed by atoms with Crippen LogP contribution >= 0.6 is 0 Å². The Balaban J connectivity index is 1.64. The van der Waals surface area contributed by atoms with Crippen LogP contribution in [-0.2, 0) is 6.42 Å². The van der Waals surface area contributed by atoms with Crippen LogP contribution in [0, 0.1) is 5.82 Å². The number of carbonyl (C=O) groups is 1. The molecule has 1 aromatic carbocycles. The second-order valence-electron chi connectivity index (χ2n) is 5.00. The van der Waals surface area contributed by atoms with Crippen LogP contribution in [0.15, 0.2) is 52.1 Å². The molecule has 0 unspecified atom stereocenters. The molecule has 1 amide bonds. The number of benzene rings is 1. The number of guanidine groups is 1. The van der Waals surface area contributed by atoms with Gasteiger partial charge in [0.25, 0.3) is 5.91 Å². The van der Waals surface area contributed by atoms with E-state index in [0.717, 1.165) is 0 Å². The van der Waals surface area contributed by atoms with Gasteiger partial charge >= 0.3 is 0 Å². The van der Waals surface area contributed by atoms with Crippen molar-refractivity contribution in [1.82, 2.24) is 16.0 Å². The fourth-order valence-corrected chi connectivity index (χ4v) is 2.09. The van der Waals surface area contributed by atoms with E-state index in [1.807, 2.05) is 6.07 Å². The zero-order valence-electron chi connectivity index (χ0n) is 13.5. The summed E-state index contributed by atoms with van der Waals surface area (Å²) in [6.07, 6.45) is 2.01. The van der Waals surface area contributed by atoms with E-state index in [1.54, 1.807) is 31.3 Å². The largest absolute Gasteiger partial charge is 0.459 e. The lowest BCUT2D eigenvalue weighted by Gasteiger charge is -2.12. The Kier molecular flexibility index (Phi) is 6.82. The number of amides is 1. The van der Waals surface area contributed by atoms with Crippen molar-refractivity contribution in [2.24, 2.45) is 4.99 Å². The van der Waals surface area contributed by atoms with Crippen LogP contribution in [0.25, 0.3) is 0 Å². The van der Waals surface area contributed by atoms with Gasteiger partial charge in [0.05, 0.1) is 6.26 Å². The van der Waals surface area contributed by atoms with Crippen molar-refractivity contribution >= 4 is 11.9 Å². The average Bonchev–Trinajstić information content (AvgIpc) is 3.13. The molecule has 1 heterocycles. The third-order valence-corrected chi connectivity index (χ3v) is 3.32. The topological polar surface area (TPSA) is 78.7 Å². The highest BCUT2D eigenvalue weighted by atomic mass is 19.1. The molecular formula is C17H21FN4O2. The highest BCUT2D eigenvalue weighted by Gasteiger charge is 2.07. The Morgan fingerprint density at radius 2 is 1.83 bits per heavy atom. The molecule has 7 heteroatoms. The molecule has 2 aromatic rings. The smallest absolute Gasteiger partial charge is 0.287 e. The summed E-state index contributed by atoms with van der Waals surface area (Å²) in [5, 5.41) is 8.90. The normalized spacial score (nSPS) is 11.2. The maximum absolute atomic E-state index is 13.5. The van der Waals surface area contributed by atoms with Gasteiger partial charge in [-0.3, -0.25) is 9.79 Å². The monoisotopic (exact) mass is 332 g/mol. The molecule has 0 bridgehead atoms. The van der Waals surface area contributed by atoms with Gasteiger partial charge in [0.1, 0.15) is 5.82 Å². The summed E-state index contributed by atoms with van der Waals surface area (Å²) >= 11 is 0. The average molecular weight is 332 g/mol. The van der Waals surface area contributed by atoms with Crippen molar-refractivity contribution in [3.8, 4) is 0 Å². The van der Waals surface area contributed by atoms with Crippen LogP contribution in [0.1, 0.15) is 16.1 Å². The van der Waals surface area contributed by atoms with E-state index in [9.17, 15) is 9.18 Å². The number of carbonyl (C=O) groups excluding carboxylic acids is 1. The Morgan fingerprint density at radius 1 is 1.08 bits per heavy atom. The predicted molar refractivity (Wildman–Crippen MR) is 90.5 cm³/mol. The van der Waals surface area contributed by atoms with Gasteiger partial charge < -0.3 is 20.4 Å². The number of halogens is 1. The van der Waals surface area contributed by atoms with Crippen molar-refractivity contribution in [3.05, 3.63) is 59.8 Å². The Hall–Kier alpha value is -2.83. The molecule has 2 rings (SSSR count). The molecule has 0 aliphatic carbocycles. The molecule has 0 aliphatic heterocycles. The zero-order valence-corrected chi connectivity index (χ0v) is 13.5. The van der Waals surface area contributed by atoms with Gasteiger partial charge in [-0.1, -0.05) is 18.2 Å². The summed E-state index contributed by atoms with van der Waals surface area (Å²) < 4.78 is 18.5. The van der Waals surface area contributed by atoms with Crippen LogP contribution in [0.5, 0.6) is 0 Å². The molecule has 0 spiro atoms. The van der Waals surface area contributed by atoms with E-state index in [0.29, 0.717) is 37.6 Å². The van der Waals surface area contributed by atoms with Gasteiger partial charge in [-0.2, -0.15) is 0 Å². The van der Waals surface area contributed by atoms with Crippen LogP contribution in [0.2, 0.25) is 0 Å². The van der Waals surface area contributed by atoms with Crippen molar-refractivity contribution in [1.29, 1.82) is 0 Å². The first-order valence-corrected chi connectivity index (χ1v) is 7.70. The van der Waals surface area contributed by atoms with E-state index in [-0.39, 0.29) is 17.5 Å². The second-order valence-corrected chi connectivity index (χ2v) is 5.00. The lowest BCUT2D eigenvalue weighted by molar-refractivity contribution is 0.0926. The molecule has 128 valence electrons. The van der Waals surface area contributed by atoms with Gasteiger partial charge in [0, 0.05) is 26.7 Å². The van der Waals surface area contributed by atoms with Crippen LogP contribution < -0.4 is 16.0 Å². The number of nitrogens with one attached hydrogen (secondary N) is 3. The first kappa shape index (κ1) is 17.5. The second kappa shape index (κ2) is 9.34. The molecule has 3 N–H and O–H groups in total. The Labute approximate surface area is 140 Å². The predicted octanol–water partition coefficient (Wildman–Crippen LogP) is 1.56. The van der Waals surface area contributed by atoms with Crippen LogP contribution in [-0.4, -0.2) is 38.5 Å². The highest BCUT2D eigenvalue weighted by molar-refractivity contribution is 5.91. The maximum atomic E-state index is 13.5. The fourth-order valence-electron chi connectivity index (χ4n) is 2.09. The Bertz CT molecular complexity index is 671. The third kappa shape index (κ3) is 5.42. The molecular weight excluding hydrogens is 311 g/mol. The number of aliphatic imine (C=N–C) groups is 1. The first-order valence-electron chi connectivity index (χ1n) is 7.70. The van der Waals surface area contributed by atoms with Gasteiger partial charge in [-0.25, -0.2) is 4.39 Å². The zero-order chi connectivity index (χ0) is 17.2. The third-order valence-electron chi connectivity index (χ3n) is 3.32. The van der Waals surface area contributed by atoms with Gasteiger partial charge in [-0.15, -0.1) is 0 Å². The molecule has 0 radical (unpaired) electrons. The fraction of sp³-hybridized carbons (Fsp3) is 0.294. The molecule has 6 nitrogen and oxygen atoms in total.